The zero-order valence-electron chi connectivity index (χ0n) is 2.27. The first kappa shape index (κ1) is 15.8. The Bertz CT molecular complexity index is 13.6. The molecule has 0 saturated heterocycles. The Morgan fingerprint density at radius 3 is 1.40 bits per heavy atom. The van der Waals surface area contributed by atoms with Gasteiger partial charge in [-0.05, 0) is 0 Å². The van der Waals surface area contributed by atoms with E-state index in [1.54, 1.807) is 0 Å². The second-order valence-corrected chi connectivity index (χ2v) is 0. The topological polar surface area (TPSA) is 17.1 Å². The Morgan fingerprint density at radius 2 is 1.40 bits per heavy atom. The summed E-state index contributed by atoms with van der Waals surface area (Å²) in [7, 11) is 4.25. The van der Waals surface area contributed by atoms with Crippen molar-refractivity contribution in [2.24, 2.45) is 0 Å². The van der Waals surface area contributed by atoms with Gasteiger partial charge in [0, 0.05) is 17.4 Å². The van der Waals surface area contributed by atoms with Gasteiger partial charge in [0.25, 0.3) is 0 Å². The Labute approximate surface area is 68.3 Å². The normalized spacial score (nSPS) is 2.20. The molecule has 0 aromatic rings. The molecule has 0 radical (unpaired) electrons. The quantitative estimate of drug-likeness (QED) is 0.598. The second kappa shape index (κ2) is 37.8. The molecule has 0 N–H and O–H groups in total. The van der Waals surface area contributed by atoms with Gasteiger partial charge >= 0.3 is 51.9 Å². The number of hydrogen-bond donors (Lipinski definition) is 0. The van der Waals surface area contributed by atoms with Crippen LogP contribution in [0.5, 0.6) is 0 Å². The molecule has 0 amide bonds. The average Bonchev–Trinajstić information content (AvgIpc) is 1.50. The Balaban J connectivity index is -0.0000000133. The molecule has 0 bridgehead atoms. The van der Waals surface area contributed by atoms with Crippen molar-refractivity contribution in [1.82, 2.24) is 0 Å². The summed E-state index contributed by atoms with van der Waals surface area (Å²) >= 11 is 3.05. The van der Waals surface area contributed by atoms with Gasteiger partial charge in [0.2, 0.25) is 0 Å². The first-order valence-corrected chi connectivity index (χ1v) is 6.37. The molecular weight excluding hydrogens is 271 g/mol. The molecule has 5 heteroatoms. The molecule has 0 aliphatic rings. The molecule has 5 heavy (non-hydrogen) atoms. The standard InChI is InChI=1S/Cd.Co.Cr.O.S. The van der Waals surface area contributed by atoms with Gasteiger partial charge in [0.1, 0.15) is 0 Å². The molecule has 0 fully saturated rings. The SMILES string of the molecule is [Cr].[O]=[Co].[S]=[Cd]. The van der Waals surface area contributed by atoms with Crippen LogP contribution in [0.1, 0.15) is 0 Å². The van der Waals surface area contributed by atoms with Gasteiger partial charge in [-0.15, -0.1) is 0 Å². The summed E-state index contributed by atoms with van der Waals surface area (Å²) in [5.41, 5.74) is 0. The predicted octanol–water partition coefficient (Wildman–Crippen LogP) is 0.522. The zero-order valence-corrected chi connectivity index (χ0v) is 9.43. The van der Waals surface area contributed by atoms with E-state index in [0.29, 0.717) is 0 Å². The van der Waals surface area contributed by atoms with E-state index in [4.69, 9.17) is 3.87 Å². The molecule has 29 valence electrons. The second-order valence-electron chi connectivity index (χ2n) is 0. The molecular formula is CdCoCrOS. The molecule has 0 heterocycles. The van der Waals surface area contributed by atoms with E-state index in [0.717, 1.165) is 23.7 Å². The Kier molecular flexibility index (Phi) is 119. The van der Waals surface area contributed by atoms with Crippen molar-refractivity contribution in [1.29, 1.82) is 0 Å². The zero-order chi connectivity index (χ0) is 4.00. The van der Waals surface area contributed by atoms with Crippen molar-refractivity contribution in [2.45, 2.75) is 0 Å². The molecule has 0 unspecified atom stereocenters. The van der Waals surface area contributed by atoms with Crippen LogP contribution in [0.3, 0.4) is 0 Å². The summed E-state index contributed by atoms with van der Waals surface area (Å²) < 4.78 is 7.94. The van der Waals surface area contributed by atoms with Crippen molar-refractivity contribution in [3.8, 4) is 0 Å². The van der Waals surface area contributed by atoms with Crippen LogP contribution in [0, 0.1) is 0 Å². The van der Waals surface area contributed by atoms with E-state index in [1.165, 1.54) is 0 Å². The molecule has 1 nitrogen and oxygen atoms in total. The van der Waals surface area contributed by atoms with Crippen molar-refractivity contribution in [3.63, 3.8) is 0 Å². The minimum absolute atomic E-state index is 0. The predicted molar refractivity (Wildman–Crippen MR) is 8.28 cm³/mol. The summed E-state index contributed by atoms with van der Waals surface area (Å²) in [4.78, 5) is 0. The molecule has 0 saturated carbocycles. The molecule has 0 rings (SSSR count). The first-order chi connectivity index (χ1) is 2.00. The average molecular weight is 271 g/mol. The Hall–Kier alpha value is 1.98. The third-order valence-corrected chi connectivity index (χ3v) is 0. The van der Waals surface area contributed by atoms with Crippen LogP contribution < -0.4 is 0 Å². The summed E-state index contributed by atoms with van der Waals surface area (Å²) in [5, 5.41) is 0. The van der Waals surface area contributed by atoms with Crippen LogP contribution in [-0.4, -0.2) is 0 Å². The van der Waals surface area contributed by atoms with Gasteiger partial charge in [-0.3, -0.25) is 0 Å². The monoisotopic (exact) mass is 273 g/mol. The van der Waals surface area contributed by atoms with E-state index < -0.39 is 0 Å². The Morgan fingerprint density at radius 1 is 1.40 bits per heavy atom. The van der Waals surface area contributed by atoms with Crippen molar-refractivity contribution < 1.29 is 60.6 Å². The first-order valence-electron chi connectivity index (χ1n) is 0.425. The van der Waals surface area contributed by atoms with Gasteiger partial charge in [-0.2, -0.15) is 0 Å². The van der Waals surface area contributed by atoms with Crippen molar-refractivity contribution in [2.75, 3.05) is 0 Å². The van der Waals surface area contributed by atoms with Crippen molar-refractivity contribution in [3.05, 3.63) is 0 Å². The molecule has 0 aliphatic carbocycles. The molecule has 0 aromatic carbocycles. The van der Waals surface area contributed by atoms with Gasteiger partial charge in [0.15, 0.2) is 0 Å². The number of rotatable bonds is 0. The van der Waals surface area contributed by atoms with Crippen LogP contribution in [0.4, 0.5) is 0 Å². The third-order valence-electron chi connectivity index (χ3n) is 0. The molecule has 0 atom stereocenters. The molecule has 0 aromatic heterocycles. The van der Waals surface area contributed by atoms with Gasteiger partial charge < -0.3 is 0 Å². The van der Waals surface area contributed by atoms with Crippen LogP contribution in [0.2, 0.25) is 0 Å². The maximum absolute atomic E-state index is 7.94. The maximum atomic E-state index is 7.94. The van der Waals surface area contributed by atoms with E-state index in [1.807, 2.05) is 0 Å². The molecule has 0 spiro atoms. The fourth-order valence-electron chi connectivity index (χ4n) is 0. The minimum atomic E-state index is 0. The van der Waals surface area contributed by atoms with Crippen LogP contribution >= 0.6 is 8.65 Å². The summed E-state index contributed by atoms with van der Waals surface area (Å²) in [6.07, 6.45) is 0. The van der Waals surface area contributed by atoms with E-state index in [-0.39, 0.29) is 17.4 Å². The fraction of sp³-hybridized carbons (Fsp3) is 0. The van der Waals surface area contributed by atoms with Gasteiger partial charge in [-0.1, -0.05) is 0 Å². The number of hydrogen-bond acceptors (Lipinski definition) is 2. The van der Waals surface area contributed by atoms with Crippen molar-refractivity contribution >= 4 is 8.65 Å². The van der Waals surface area contributed by atoms with Crippen LogP contribution in [-0.2, 0) is 60.6 Å². The van der Waals surface area contributed by atoms with Gasteiger partial charge in [-0.25, -0.2) is 0 Å². The van der Waals surface area contributed by atoms with E-state index in [2.05, 4.69) is 24.3 Å². The third kappa shape index (κ3) is 24.2. The van der Waals surface area contributed by atoms with Crippen LogP contribution in [0.15, 0.2) is 0 Å². The summed E-state index contributed by atoms with van der Waals surface area (Å²) in [6.45, 7) is 0. The summed E-state index contributed by atoms with van der Waals surface area (Å²) in [5.74, 6) is 0. The van der Waals surface area contributed by atoms with E-state index >= 15 is 0 Å². The fourth-order valence-corrected chi connectivity index (χ4v) is 0. The van der Waals surface area contributed by atoms with Gasteiger partial charge in [0.05, 0.1) is 0 Å². The summed E-state index contributed by atoms with van der Waals surface area (Å²) in [6, 6.07) is 0. The van der Waals surface area contributed by atoms with E-state index in [9.17, 15) is 0 Å². The van der Waals surface area contributed by atoms with Crippen LogP contribution in [0.25, 0.3) is 0 Å². The molecule has 0 aliphatic heterocycles.